The summed E-state index contributed by atoms with van der Waals surface area (Å²) in [4.78, 5) is 16.2. The van der Waals surface area contributed by atoms with Crippen molar-refractivity contribution in [3.8, 4) is 0 Å². The van der Waals surface area contributed by atoms with Gasteiger partial charge in [-0.3, -0.25) is 4.79 Å². The Bertz CT molecular complexity index is 563. The van der Waals surface area contributed by atoms with Crippen molar-refractivity contribution < 1.29 is 30.0 Å². The zero-order valence-electron chi connectivity index (χ0n) is 13.1. The summed E-state index contributed by atoms with van der Waals surface area (Å²) in [5.74, 6) is -0.500. The minimum Gasteiger partial charge on any atom is -0.387 e. The van der Waals surface area contributed by atoms with Gasteiger partial charge in [0, 0.05) is 31.9 Å². The van der Waals surface area contributed by atoms with E-state index in [2.05, 4.69) is 4.90 Å². The predicted molar refractivity (Wildman–Crippen MR) is 84.1 cm³/mol. The molecular weight excluding hydrogens is 316 g/mol. The van der Waals surface area contributed by atoms with Gasteiger partial charge in [0.2, 0.25) is 0 Å². The molecule has 2 heterocycles. The van der Waals surface area contributed by atoms with Gasteiger partial charge in [-0.1, -0.05) is 18.2 Å². The number of aliphatic hydroxyl groups excluding tert-OH is 4. The highest BCUT2D eigenvalue weighted by molar-refractivity contribution is 5.82. The van der Waals surface area contributed by atoms with Gasteiger partial charge in [-0.15, -0.1) is 0 Å². The van der Waals surface area contributed by atoms with Crippen molar-refractivity contribution in [3.63, 3.8) is 0 Å². The number of piperazine rings is 1. The molecule has 1 aromatic rings. The van der Waals surface area contributed by atoms with Crippen LogP contribution in [-0.4, -0.2) is 88.1 Å². The summed E-state index contributed by atoms with van der Waals surface area (Å²) in [5, 5.41) is 38.7. The van der Waals surface area contributed by atoms with Crippen LogP contribution >= 0.6 is 0 Å². The van der Waals surface area contributed by atoms with Crippen molar-refractivity contribution in [1.29, 1.82) is 0 Å². The maximum Gasteiger partial charge on any atom is 0.254 e. The predicted octanol–water partition coefficient (Wildman–Crippen LogP) is -1.86. The van der Waals surface area contributed by atoms with E-state index < -0.39 is 36.6 Å². The van der Waals surface area contributed by atoms with Crippen LogP contribution in [0.4, 0.5) is 5.69 Å². The number of para-hydroxylation sites is 1. The second-order valence-corrected chi connectivity index (χ2v) is 6.07. The number of ether oxygens (including phenoxy) is 1. The maximum atomic E-state index is 12.5. The summed E-state index contributed by atoms with van der Waals surface area (Å²) < 4.78 is 5.00. The quantitative estimate of drug-likeness (QED) is 0.500. The van der Waals surface area contributed by atoms with Crippen LogP contribution in [0.3, 0.4) is 0 Å². The molecule has 0 radical (unpaired) electrons. The van der Waals surface area contributed by atoms with Gasteiger partial charge in [0.05, 0.1) is 0 Å². The third-order valence-corrected chi connectivity index (χ3v) is 4.54. The molecule has 1 unspecified atom stereocenters. The number of benzene rings is 1. The Labute approximate surface area is 139 Å². The minimum absolute atomic E-state index is 0.440. The van der Waals surface area contributed by atoms with Crippen LogP contribution in [0.15, 0.2) is 30.3 Å². The highest BCUT2D eigenvalue weighted by Gasteiger charge is 2.47. The fourth-order valence-electron chi connectivity index (χ4n) is 3.07. The molecule has 0 aliphatic carbocycles. The summed E-state index contributed by atoms with van der Waals surface area (Å²) in [7, 11) is 0. The Morgan fingerprint density at radius 2 is 1.54 bits per heavy atom. The first-order chi connectivity index (χ1) is 11.5. The lowest BCUT2D eigenvalue weighted by Crippen LogP contribution is -2.63. The first kappa shape index (κ1) is 17.1. The van der Waals surface area contributed by atoms with Crippen molar-refractivity contribution in [2.45, 2.75) is 30.7 Å². The van der Waals surface area contributed by atoms with Gasteiger partial charge in [-0.2, -0.15) is 0 Å². The van der Waals surface area contributed by atoms with Crippen LogP contribution in [0, 0.1) is 0 Å². The SMILES string of the molecule is O=C([C@H]1OC(O)[C@H](O)[C@@H](O)[C@@H]1O)N1CCN(c2ccccc2)CC1. The largest absolute Gasteiger partial charge is 0.387 e. The zero-order chi connectivity index (χ0) is 17.3. The molecule has 4 N–H and O–H groups in total. The number of carbonyl (C=O) groups excluding carboxylic acids is 1. The van der Waals surface area contributed by atoms with E-state index in [4.69, 9.17) is 4.74 Å². The van der Waals surface area contributed by atoms with Crippen molar-refractivity contribution in [2.75, 3.05) is 31.1 Å². The Balaban J connectivity index is 1.61. The molecule has 3 rings (SSSR count). The zero-order valence-corrected chi connectivity index (χ0v) is 13.1. The summed E-state index contributed by atoms with van der Waals surface area (Å²) in [5.41, 5.74) is 1.08. The van der Waals surface area contributed by atoms with Crippen LogP contribution in [0.5, 0.6) is 0 Å². The molecule has 5 atom stereocenters. The fourth-order valence-corrected chi connectivity index (χ4v) is 3.07. The van der Waals surface area contributed by atoms with Crippen LogP contribution in [0.25, 0.3) is 0 Å². The van der Waals surface area contributed by atoms with Crippen LogP contribution in [0.2, 0.25) is 0 Å². The standard InChI is InChI=1S/C16H22N2O6/c19-11-12(20)14(24-16(23)13(11)21)15(22)18-8-6-17(7-9-18)10-4-2-1-3-5-10/h1-5,11-14,16,19-21,23H,6-9H2/t11-,12-,13+,14-,16?/m0/s1. The molecule has 1 aromatic carbocycles. The smallest absolute Gasteiger partial charge is 0.254 e. The van der Waals surface area contributed by atoms with Gasteiger partial charge in [-0.25, -0.2) is 0 Å². The molecule has 0 saturated carbocycles. The molecule has 8 nitrogen and oxygen atoms in total. The lowest BCUT2D eigenvalue weighted by atomic mass is 9.98. The number of anilines is 1. The molecule has 0 bridgehead atoms. The molecule has 2 aliphatic rings. The van der Waals surface area contributed by atoms with Gasteiger partial charge in [0.25, 0.3) is 5.91 Å². The Hall–Kier alpha value is -1.71. The van der Waals surface area contributed by atoms with E-state index in [0.29, 0.717) is 26.2 Å². The third-order valence-electron chi connectivity index (χ3n) is 4.54. The van der Waals surface area contributed by atoms with Gasteiger partial charge in [0.1, 0.15) is 18.3 Å². The van der Waals surface area contributed by atoms with E-state index in [1.165, 1.54) is 4.90 Å². The number of aliphatic hydroxyl groups is 4. The van der Waals surface area contributed by atoms with E-state index >= 15 is 0 Å². The molecule has 1 amide bonds. The Morgan fingerprint density at radius 1 is 0.917 bits per heavy atom. The van der Waals surface area contributed by atoms with Crippen LogP contribution in [-0.2, 0) is 9.53 Å². The molecule has 2 fully saturated rings. The normalized spacial score (nSPS) is 34.2. The Morgan fingerprint density at radius 3 is 2.17 bits per heavy atom. The molecule has 2 saturated heterocycles. The van der Waals surface area contributed by atoms with E-state index in [1.807, 2.05) is 30.3 Å². The lowest BCUT2D eigenvalue weighted by Gasteiger charge is -2.42. The molecule has 0 spiro atoms. The monoisotopic (exact) mass is 338 g/mol. The average Bonchev–Trinajstić information content (AvgIpc) is 2.63. The summed E-state index contributed by atoms with van der Waals surface area (Å²) >= 11 is 0. The number of hydrogen-bond donors (Lipinski definition) is 4. The first-order valence-electron chi connectivity index (χ1n) is 7.95. The van der Waals surface area contributed by atoms with Crippen LogP contribution < -0.4 is 4.90 Å². The molecular formula is C16H22N2O6. The van der Waals surface area contributed by atoms with Crippen LogP contribution in [0.1, 0.15) is 0 Å². The van der Waals surface area contributed by atoms with Gasteiger partial charge >= 0.3 is 0 Å². The topological polar surface area (TPSA) is 114 Å². The van der Waals surface area contributed by atoms with Crippen molar-refractivity contribution in [2.24, 2.45) is 0 Å². The maximum absolute atomic E-state index is 12.5. The van der Waals surface area contributed by atoms with Gasteiger partial charge in [0.15, 0.2) is 12.4 Å². The summed E-state index contributed by atoms with van der Waals surface area (Å²) in [6.45, 7) is 2.14. The minimum atomic E-state index is -1.71. The van der Waals surface area contributed by atoms with E-state index in [1.54, 1.807) is 0 Å². The van der Waals surface area contributed by atoms with Gasteiger partial charge < -0.3 is 35.0 Å². The lowest BCUT2D eigenvalue weighted by molar-refractivity contribution is -0.278. The van der Waals surface area contributed by atoms with E-state index in [0.717, 1.165) is 5.69 Å². The van der Waals surface area contributed by atoms with E-state index in [9.17, 15) is 25.2 Å². The van der Waals surface area contributed by atoms with Crippen molar-refractivity contribution in [1.82, 2.24) is 4.90 Å². The second kappa shape index (κ2) is 7.04. The van der Waals surface area contributed by atoms with Crippen molar-refractivity contribution in [3.05, 3.63) is 30.3 Å². The van der Waals surface area contributed by atoms with Gasteiger partial charge in [-0.05, 0) is 12.1 Å². The van der Waals surface area contributed by atoms with Crippen molar-refractivity contribution >= 4 is 11.6 Å². The summed E-state index contributed by atoms with van der Waals surface area (Å²) in [6, 6.07) is 9.84. The molecule has 0 aromatic heterocycles. The third kappa shape index (κ3) is 3.24. The number of hydrogen-bond acceptors (Lipinski definition) is 7. The Kier molecular flexibility index (Phi) is 5.02. The molecule has 8 heteroatoms. The average molecular weight is 338 g/mol. The number of rotatable bonds is 2. The fraction of sp³-hybridized carbons (Fsp3) is 0.562. The molecule has 2 aliphatic heterocycles. The first-order valence-corrected chi connectivity index (χ1v) is 7.95. The van der Waals surface area contributed by atoms with E-state index in [-0.39, 0.29) is 0 Å². The number of carbonyl (C=O) groups is 1. The second-order valence-electron chi connectivity index (χ2n) is 6.07. The summed E-state index contributed by atoms with van der Waals surface area (Å²) in [6.07, 6.45) is -7.94. The highest BCUT2D eigenvalue weighted by atomic mass is 16.6. The number of amides is 1. The number of nitrogens with zero attached hydrogens (tertiary/aromatic N) is 2. The highest BCUT2D eigenvalue weighted by Crippen LogP contribution is 2.23. The molecule has 24 heavy (non-hydrogen) atoms. The molecule has 132 valence electrons.